The molecule has 5 N–H and O–H groups in total. The van der Waals surface area contributed by atoms with Gasteiger partial charge in [0, 0.05) is 22.0 Å². The summed E-state index contributed by atoms with van der Waals surface area (Å²) in [6.45, 7) is 0.763. The van der Waals surface area contributed by atoms with Crippen LogP contribution in [0.1, 0.15) is 5.56 Å². The molecule has 0 aliphatic heterocycles. The number of benzene rings is 1. The lowest BCUT2D eigenvalue weighted by Gasteiger charge is -2.09. The van der Waals surface area contributed by atoms with Gasteiger partial charge in [0.05, 0.1) is 0 Å². The van der Waals surface area contributed by atoms with Crippen LogP contribution in [0, 0.1) is 0 Å². The van der Waals surface area contributed by atoms with E-state index in [1.165, 1.54) is 11.8 Å². The zero-order valence-electron chi connectivity index (χ0n) is 10.4. The van der Waals surface area contributed by atoms with Gasteiger partial charge in [0.2, 0.25) is 0 Å². The van der Waals surface area contributed by atoms with Crippen LogP contribution in [0.15, 0.2) is 38.8 Å². The van der Waals surface area contributed by atoms with Crippen LogP contribution in [0.25, 0.3) is 0 Å². The van der Waals surface area contributed by atoms with Gasteiger partial charge in [0.1, 0.15) is 11.6 Å². The normalized spacial score (nSPS) is 10.6. The van der Waals surface area contributed by atoms with E-state index < -0.39 is 0 Å². The van der Waals surface area contributed by atoms with Gasteiger partial charge in [0.25, 0.3) is 0 Å². The number of hydrogen-bond acceptors (Lipinski definition) is 6. The van der Waals surface area contributed by atoms with Crippen LogP contribution in [-0.2, 0) is 6.54 Å². The van der Waals surface area contributed by atoms with E-state index in [2.05, 4.69) is 37.3 Å². The monoisotopic (exact) mass is 339 g/mol. The Kier molecular flexibility index (Phi) is 4.62. The van der Waals surface area contributed by atoms with Crippen molar-refractivity contribution in [1.82, 2.24) is 15.3 Å². The fourth-order valence-electron chi connectivity index (χ4n) is 1.58. The molecule has 0 spiro atoms. The van der Waals surface area contributed by atoms with Gasteiger partial charge in [-0.3, -0.25) is 0 Å². The Labute approximate surface area is 124 Å². The maximum Gasteiger partial charge on any atom is 0.196 e. The molecule has 0 fully saturated rings. The summed E-state index contributed by atoms with van der Waals surface area (Å²) < 4.78 is 1.04. The number of nitrogen functional groups attached to an aromatic ring is 2. The van der Waals surface area contributed by atoms with Gasteiger partial charge in [-0.25, -0.2) is 9.97 Å². The molecule has 1 heterocycles. The Morgan fingerprint density at radius 1 is 1.21 bits per heavy atom. The number of anilines is 2. The Morgan fingerprint density at radius 2 is 1.89 bits per heavy atom. The minimum atomic E-state index is 0.377. The molecule has 0 bridgehead atoms. The summed E-state index contributed by atoms with van der Waals surface area (Å²) in [4.78, 5) is 9.41. The number of halogens is 1. The number of rotatable bonds is 4. The molecule has 100 valence electrons. The predicted molar refractivity (Wildman–Crippen MR) is 81.9 cm³/mol. The first-order valence-electron chi connectivity index (χ1n) is 5.59. The summed E-state index contributed by atoms with van der Waals surface area (Å²) in [6.07, 6.45) is 0. The van der Waals surface area contributed by atoms with Gasteiger partial charge in [-0.05, 0) is 42.6 Å². The average Bonchev–Trinajstić information content (AvgIpc) is 2.32. The quantitative estimate of drug-likeness (QED) is 0.740. The molecular weight excluding hydrogens is 326 g/mol. The molecule has 0 amide bonds. The van der Waals surface area contributed by atoms with Crippen LogP contribution in [-0.4, -0.2) is 17.0 Å². The van der Waals surface area contributed by atoms with E-state index in [4.69, 9.17) is 11.5 Å². The first-order valence-corrected chi connectivity index (χ1v) is 7.20. The molecule has 1 aromatic carbocycles. The molecule has 2 rings (SSSR count). The van der Waals surface area contributed by atoms with Gasteiger partial charge < -0.3 is 16.8 Å². The molecule has 7 heteroatoms. The van der Waals surface area contributed by atoms with Crippen molar-refractivity contribution in [3.8, 4) is 0 Å². The summed E-state index contributed by atoms with van der Waals surface area (Å²) in [5.74, 6) is 0.754. The summed E-state index contributed by atoms with van der Waals surface area (Å²) in [5, 5.41) is 3.69. The Hall–Kier alpha value is -1.31. The largest absolute Gasteiger partial charge is 0.383 e. The number of nitrogens with zero attached hydrogens (tertiary/aromatic N) is 2. The second kappa shape index (κ2) is 6.23. The summed E-state index contributed by atoms with van der Waals surface area (Å²) in [7, 11) is 1.91. The Morgan fingerprint density at radius 3 is 2.53 bits per heavy atom. The molecule has 1 aromatic heterocycles. The molecule has 0 unspecified atom stereocenters. The van der Waals surface area contributed by atoms with Crippen molar-refractivity contribution in [2.24, 2.45) is 0 Å². The summed E-state index contributed by atoms with van der Waals surface area (Å²) in [5.41, 5.74) is 12.5. The highest BCUT2D eigenvalue weighted by molar-refractivity contribution is 9.10. The standard InChI is InChI=1S/C12H14BrN5S/c1-16-6-7-4-8(13)2-3-9(7)19-12-17-10(14)5-11(15)18-12/h2-5,16H,6H2,1H3,(H4,14,15,17,18). The maximum atomic E-state index is 5.67. The van der Waals surface area contributed by atoms with E-state index in [1.807, 2.05) is 19.2 Å². The Balaban J connectivity index is 2.31. The van der Waals surface area contributed by atoms with Crippen molar-refractivity contribution < 1.29 is 0 Å². The second-order valence-electron chi connectivity index (χ2n) is 3.88. The summed E-state index contributed by atoms with van der Waals surface area (Å²) in [6, 6.07) is 7.61. The fourth-order valence-corrected chi connectivity index (χ4v) is 2.89. The highest BCUT2D eigenvalue weighted by Gasteiger charge is 2.08. The molecule has 0 radical (unpaired) electrons. The lowest BCUT2D eigenvalue weighted by molar-refractivity contribution is 0.802. The van der Waals surface area contributed by atoms with E-state index in [-0.39, 0.29) is 0 Å². The second-order valence-corrected chi connectivity index (χ2v) is 5.81. The van der Waals surface area contributed by atoms with Crippen LogP contribution in [0.2, 0.25) is 0 Å². The molecule has 5 nitrogen and oxygen atoms in total. The van der Waals surface area contributed by atoms with Crippen LogP contribution in [0.5, 0.6) is 0 Å². The van der Waals surface area contributed by atoms with E-state index in [9.17, 15) is 0 Å². The summed E-state index contributed by atoms with van der Waals surface area (Å²) >= 11 is 4.91. The third-order valence-electron chi connectivity index (χ3n) is 2.34. The van der Waals surface area contributed by atoms with Gasteiger partial charge in [-0.2, -0.15) is 0 Å². The topological polar surface area (TPSA) is 89.8 Å². The predicted octanol–water partition coefficient (Wildman–Crippen LogP) is 2.27. The zero-order chi connectivity index (χ0) is 13.8. The van der Waals surface area contributed by atoms with Crippen LogP contribution in [0.3, 0.4) is 0 Å². The number of nitrogens with two attached hydrogens (primary N) is 2. The van der Waals surface area contributed by atoms with Gasteiger partial charge in [-0.15, -0.1) is 0 Å². The minimum Gasteiger partial charge on any atom is -0.383 e. The molecule has 0 aliphatic carbocycles. The first kappa shape index (κ1) is 14.1. The third-order valence-corrected chi connectivity index (χ3v) is 3.81. The van der Waals surface area contributed by atoms with Crippen LogP contribution >= 0.6 is 27.7 Å². The van der Waals surface area contributed by atoms with Crippen molar-refractivity contribution in [1.29, 1.82) is 0 Å². The number of hydrogen-bond donors (Lipinski definition) is 3. The van der Waals surface area contributed by atoms with Crippen molar-refractivity contribution >= 4 is 39.3 Å². The Bertz CT molecular complexity index is 570. The lowest BCUT2D eigenvalue weighted by atomic mass is 10.2. The van der Waals surface area contributed by atoms with Gasteiger partial charge in [-0.1, -0.05) is 15.9 Å². The van der Waals surface area contributed by atoms with Crippen molar-refractivity contribution in [3.05, 3.63) is 34.3 Å². The fraction of sp³-hybridized carbons (Fsp3) is 0.167. The molecule has 0 aliphatic rings. The first-order chi connectivity index (χ1) is 9.08. The van der Waals surface area contributed by atoms with Gasteiger partial charge in [0.15, 0.2) is 5.16 Å². The molecule has 0 atom stereocenters. The third kappa shape index (κ3) is 3.82. The van der Waals surface area contributed by atoms with Crippen LogP contribution < -0.4 is 16.8 Å². The average molecular weight is 340 g/mol. The highest BCUT2D eigenvalue weighted by Crippen LogP contribution is 2.30. The molecule has 0 saturated carbocycles. The highest BCUT2D eigenvalue weighted by atomic mass is 79.9. The van der Waals surface area contributed by atoms with E-state index >= 15 is 0 Å². The SMILES string of the molecule is CNCc1cc(Br)ccc1Sc1nc(N)cc(N)n1. The van der Waals surface area contributed by atoms with Gasteiger partial charge >= 0.3 is 0 Å². The lowest BCUT2D eigenvalue weighted by Crippen LogP contribution is -2.06. The van der Waals surface area contributed by atoms with E-state index in [0.717, 1.165) is 21.5 Å². The number of aromatic nitrogens is 2. The molecule has 19 heavy (non-hydrogen) atoms. The van der Waals surface area contributed by atoms with Crippen molar-refractivity contribution in [2.45, 2.75) is 16.6 Å². The maximum absolute atomic E-state index is 5.67. The molecule has 2 aromatic rings. The van der Waals surface area contributed by atoms with Crippen LogP contribution in [0.4, 0.5) is 11.6 Å². The van der Waals surface area contributed by atoms with E-state index in [1.54, 1.807) is 6.07 Å². The van der Waals surface area contributed by atoms with E-state index in [0.29, 0.717) is 16.8 Å². The molecular formula is C12H14BrN5S. The molecule has 0 saturated heterocycles. The number of nitrogens with one attached hydrogen (secondary N) is 1. The zero-order valence-corrected chi connectivity index (χ0v) is 12.8. The van der Waals surface area contributed by atoms with Crippen molar-refractivity contribution in [3.63, 3.8) is 0 Å². The smallest absolute Gasteiger partial charge is 0.196 e. The van der Waals surface area contributed by atoms with Crippen molar-refractivity contribution in [2.75, 3.05) is 18.5 Å². The minimum absolute atomic E-state index is 0.377.